The zero-order valence-electron chi connectivity index (χ0n) is 11.8. The van der Waals surface area contributed by atoms with Gasteiger partial charge in [0.05, 0.1) is 13.0 Å². The first-order chi connectivity index (χ1) is 9.81. The number of nitrogens with one attached hydrogen (secondary N) is 1. The Morgan fingerprint density at radius 3 is 2.80 bits per heavy atom. The predicted octanol–water partition coefficient (Wildman–Crippen LogP) is 2.53. The fourth-order valence-corrected chi connectivity index (χ4v) is 2.14. The van der Waals surface area contributed by atoms with Crippen LogP contribution < -0.4 is 10.1 Å². The van der Waals surface area contributed by atoms with Gasteiger partial charge in [-0.3, -0.25) is 0 Å². The van der Waals surface area contributed by atoms with Crippen molar-refractivity contribution >= 4 is 17.3 Å². The second-order valence-corrected chi connectivity index (χ2v) is 5.21. The van der Waals surface area contributed by atoms with E-state index in [2.05, 4.69) is 32.2 Å². The molecule has 0 radical (unpaired) electrons. The average Bonchev–Trinajstić information content (AvgIpc) is 2.95. The summed E-state index contributed by atoms with van der Waals surface area (Å²) in [6.07, 6.45) is 4.32. The molecule has 1 N–H and O–H groups in total. The van der Waals surface area contributed by atoms with Crippen LogP contribution in [0.2, 0.25) is 0 Å². The molecule has 0 amide bonds. The van der Waals surface area contributed by atoms with Gasteiger partial charge in [0, 0.05) is 18.1 Å². The van der Waals surface area contributed by atoms with E-state index in [1.165, 1.54) is 0 Å². The Hall–Kier alpha value is -1.76. The van der Waals surface area contributed by atoms with E-state index in [0.29, 0.717) is 30.8 Å². The first-order valence-corrected chi connectivity index (χ1v) is 7.69. The van der Waals surface area contributed by atoms with E-state index < -0.39 is 0 Å². The lowest BCUT2D eigenvalue weighted by molar-refractivity contribution is 0.290. The van der Waals surface area contributed by atoms with Gasteiger partial charge in [-0.25, -0.2) is 4.98 Å². The number of hydrogen-bond donors (Lipinski definition) is 1. The molecule has 2 aromatic rings. The van der Waals surface area contributed by atoms with E-state index in [0.717, 1.165) is 24.4 Å². The van der Waals surface area contributed by atoms with Crippen molar-refractivity contribution in [2.45, 2.75) is 33.1 Å². The Balaban J connectivity index is 2.15. The van der Waals surface area contributed by atoms with Crippen LogP contribution in [-0.2, 0) is 6.42 Å². The molecule has 0 spiro atoms. The summed E-state index contributed by atoms with van der Waals surface area (Å²) in [5.41, 5.74) is 0. The summed E-state index contributed by atoms with van der Waals surface area (Å²) < 4.78 is 5.52. The zero-order valence-corrected chi connectivity index (χ0v) is 12.6. The molecule has 0 aliphatic rings. The maximum atomic E-state index is 5.52. The molecule has 0 bridgehead atoms. The molecule has 0 atom stereocenters. The third-order valence-electron chi connectivity index (χ3n) is 2.42. The summed E-state index contributed by atoms with van der Waals surface area (Å²) in [6.45, 7) is 5.58. The first kappa shape index (κ1) is 14.6. The Bertz CT molecular complexity index is 491. The van der Waals surface area contributed by atoms with Gasteiger partial charge in [-0.05, 0) is 12.8 Å². The minimum atomic E-state index is 0.381. The number of thiazole rings is 1. The smallest absolute Gasteiger partial charge is 0.321 e. The van der Waals surface area contributed by atoms with E-state index >= 15 is 0 Å². The molecule has 0 saturated carbocycles. The van der Waals surface area contributed by atoms with Gasteiger partial charge in [0.15, 0.2) is 0 Å². The van der Waals surface area contributed by atoms with Crippen molar-refractivity contribution in [3.63, 3.8) is 0 Å². The van der Waals surface area contributed by atoms with Crippen molar-refractivity contribution in [3.8, 4) is 6.01 Å². The van der Waals surface area contributed by atoms with Gasteiger partial charge in [-0.1, -0.05) is 13.8 Å². The zero-order chi connectivity index (χ0) is 14.2. The minimum Gasteiger partial charge on any atom is -0.463 e. The molecule has 0 aromatic carbocycles. The summed E-state index contributed by atoms with van der Waals surface area (Å²) in [7, 11) is 0. The quantitative estimate of drug-likeness (QED) is 0.806. The fourth-order valence-electron chi connectivity index (χ4n) is 1.53. The molecular formula is C13H19N5OS. The van der Waals surface area contributed by atoms with Crippen LogP contribution in [0, 0.1) is 0 Å². The Morgan fingerprint density at radius 2 is 2.10 bits per heavy atom. The molecule has 0 fully saturated rings. The van der Waals surface area contributed by atoms with E-state index in [4.69, 9.17) is 4.74 Å². The normalized spacial score (nSPS) is 10.5. The third-order valence-corrected chi connectivity index (χ3v) is 3.20. The Kier molecular flexibility index (Phi) is 5.67. The van der Waals surface area contributed by atoms with Crippen LogP contribution in [0.4, 0.5) is 5.95 Å². The van der Waals surface area contributed by atoms with Crippen molar-refractivity contribution in [2.24, 2.45) is 0 Å². The summed E-state index contributed by atoms with van der Waals surface area (Å²) >= 11 is 1.59. The summed E-state index contributed by atoms with van der Waals surface area (Å²) in [5, 5.41) is 6.10. The predicted molar refractivity (Wildman–Crippen MR) is 79.3 cm³/mol. The third kappa shape index (κ3) is 4.41. The van der Waals surface area contributed by atoms with Crippen LogP contribution in [-0.4, -0.2) is 33.1 Å². The molecule has 6 nitrogen and oxygen atoms in total. The summed E-state index contributed by atoms with van der Waals surface area (Å²) in [5.74, 6) is 1.25. The molecule has 0 saturated heterocycles. The van der Waals surface area contributed by atoms with Gasteiger partial charge in [0.1, 0.15) is 10.8 Å². The van der Waals surface area contributed by atoms with Crippen LogP contribution >= 0.6 is 11.3 Å². The number of nitrogens with zero attached hydrogens (tertiary/aromatic N) is 4. The van der Waals surface area contributed by atoms with Crippen molar-refractivity contribution in [1.82, 2.24) is 19.9 Å². The second kappa shape index (κ2) is 7.74. The molecular weight excluding hydrogens is 274 g/mol. The molecule has 2 heterocycles. The Morgan fingerprint density at radius 1 is 1.20 bits per heavy atom. The largest absolute Gasteiger partial charge is 0.463 e. The molecule has 2 rings (SSSR count). The van der Waals surface area contributed by atoms with E-state index in [-0.39, 0.29) is 0 Å². The monoisotopic (exact) mass is 293 g/mol. The number of anilines is 1. The summed E-state index contributed by atoms with van der Waals surface area (Å²) in [4.78, 5) is 17.3. The molecule has 20 heavy (non-hydrogen) atoms. The van der Waals surface area contributed by atoms with Crippen molar-refractivity contribution in [3.05, 3.63) is 22.4 Å². The lowest BCUT2D eigenvalue weighted by Crippen LogP contribution is -2.10. The van der Waals surface area contributed by atoms with Gasteiger partial charge in [-0.2, -0.15) is 15.0 Å². The maximum absolute atomic E-state index is 5.52. The highest BCUT2D eigenvalue weighted by Crippen LogP contribution is 2.13. The van der Waals surface area contributed by atoms with Crippen molar-refractivity contribution in [1.29, 1.82) is 0 Å². The van der Waals surface area contributed by atoms with Crippen LogP contribution in [0.5, 0.6) is 6.01 Å². The highest BCUT2D eigenvalue weighted by Gasteiger charge is 2.09. The molecule has 108 valence electrons. The van der Waals surface area contributed by atoms with Crippen LogP contribution in [0.1, 0.15) is 37.5 Å². The molecule has 2 aromatic heterocycles. The highest BCUT2D eigenvalue weighted by atomic mass is 32.1. The van der Waals surface area contributed by atoms with Crippen LogP contribution in [0.25, 0.3) is 0 Å². The lowest BCUT2D eigenvalue weighted by atomic mass is 10.4. The average molecular weight is 293 g/mol. The standard InChI is InChI=1S/C13H19N5OS/c1-3-5-15-12-16-10(9-11-14-6-8-20-11)17-13(18-12)19-7-4-2/h6,8H,3-5,7,9H2,1-2H3,(H,15,16,17,18). The van der Waals surface area contributed by atoms with Gasteiger partial charge < -0.3 is 10.1 Å². The molecule has 0 unspecified atom stereocenters. The Labute approximate surface area is 122 Å². The molecule has 0 aliphatic heterocycles. The van der Waals surface area contributed by atoms with Crippen molar-refractivity contribution < 1.29 is 4.74 Å². The van der Waals surface area contributed by atoms with Gasteiger partial charge in [0.25, 0.3) is 0 Å². The van der Waals surface area contributed by atoms with Crippen LogP contribution in [0.3, 0.4) is 0 Å². The SMILES string of the molecule is CCCNc1nc(Cc2nccs2)nc(OCCC)n1. The molecule has 7 heteroatoms. The lowest BCUT2D eigenvalue weighted by Gasteiger charge is -2.08. The number of rotatable bonds is 8. The van der Waals surface area contributed by atoms with E-state index in [9.17, 15) is 0 Å². The highest BCUT2D eigenvalue weighted by molar-refractivity contribution is 7.09. The first-order valence-electron chi connectivity index (χ1n) is 6.81. The minimum absolute atomic E-state index is 0.381. The number of hydrogen-bond acceptors (Lipinski definition) is 7. The fraction of sp³-hybridized carbons (Fsp3) is 0.538. The summed E-state index contributed by atoms with van der Waals surface area (Å²) in [6, 6.07) is 0.381. The van der Waals surface area contributed by atoms with Crippen LogP contribution in [0.15, 0.2) is 11.6 Å². The molecule has 0 aliphatic carbocycles. The topological polar surface area (TPSA) is 72.8 Å². The second-order valence-electron chi connectivity index (χ2n) is 4.24. The number of aromatic nitrogens is 4. The van der Waals surface area contributed by atoms with E-state index in [1.54, 1.807) is 17.5 Å². The van der Waals surface area contributed by atoms with Gasteiger partial charge in [0.2, 0.25) is 5.95 Å². The number of ether oxygens (including phenoxy) is 1. The maximum Gasteiger partial charge on any atom is 0.321 e. The van der Waals surface area contributed by atoms with Gasteiger partial charge >= 0.3 is 6.01 Å². The van der Waals surface area contributed by atoms with Crippen molar-refractivity contribution in [2.75, 3.05) is 18.5 Å². The van der Waals surface area contributed by atoms with Gasteiger partial charge in [-0.15, -0.1) is 11.3 Å². The van der Waals surface area contributed by atoms with E-state index in [1.807, 2.05) is 12.3 Å².